The van der Waals surface area contributed by atoms with Gasteiger partial charge in [-0.1, -0.05) is 19.6 Å². The fourth-order valence-electron chi connectivity index (χ4n) is 5.97. The molecule has 0 aliphatic carbocycles. The van der Waals surface area contributed by atoms with Gasteiger partial charge in [0.25, 0.3) is 0 Å². The number of anilines is 1. The SMILES string of the molecule is CC(C)(C)OC(=O)N1CCN(c2nc(-c3cnc4ccc(F)cn34)nc3c2n(COCC[Si](C)(C)C)c(=O)n3C2CCOCC2)CC1. The number of ether oxygens (including phenoxy) is 3. The number of hydrogen-bond donors (Lipinski definition) is 0. The number of hydrogen-bond acceptors (Lipinski definition) is 9. The summed E-state index contributed by atoms with van der Waals surface area (Å²) in [5, 5.41) is 0. The predicted octanol–water partition coefficient (Wildman–Crippen LogP) is 4.77. The molecule has 2 aliphatic heterocycles. The summed E-state index contributed by atoms with van der Waals surface area (Å²) in [5.74, 6) is 0.451. The monoisotopic (exact) mass is 668 g/mol. The van der Waals surface area contributed by atoms with Crippen molar-refractivity contribution in [2.75, 3.05) is 50.9 Å². The Kier molecular flexibility index (Phi) is 9.15. The van der Waals surface area contributed by atoms with Gasteiger partial charge < -0.3 is 24.0 Å². The van der Waals surface area contributed by atoms with Crippen molar-refractivity contribution in [2.45, 2.75) is 77.7 Å². The molecule has 13 nitrogen and oxygen atoms in total. The number of pyridine rings is 1. The van der Waals surface area contributed by atoms with Crippen LogP contribution in [0.15, 0.2) is 29.3 Å². The molecular weight excluding hydrogens is 623 g/mol. The van der Waals surface area contributed by atoms with E-state index in [-0.39, 0.29) is 24.6 Å². The molecule has 47 heavy (non-hydrogen) atoms. The van der Waals surface area contributed by atoms with Crippen molar-refractivity contribution in [2.24, 2.45) is 0 Å². The lowest BCUT2D eigenvalue weighted by molar-refractivity contribution is 0.0240. The first-order chi connectivity index (χ1) is 22.3. The molecule has 254 valence electrons. The summed E-state index contributed by atoms with van der Waals surface area (Å²) in [7, 11) is -1.36. The number of carbonyl (C=O) groups excluding carboxylic acids is 1. The van der Waals surface area contributed by atoms with Crippen LogP contribution in [-0.2, 0) is 20.9 Å². The molecule has 15 heteroatoms. The Morgan fingerprint density at radius 2 is 1.81 bits per heavy atom. The molecule has 4 aromatic rings. The van der Waals surface area contributed by atoms with E-state index in [1.165, 1.54) is 12.3 Å². The third kappa shape index (κ3) is 7.21. The van der Waals surface area contributed by atoms with Crippen LogP contribution in [0, 0.1) is 5.82 Å². The van der Waals surface area contributed by atoms with Gasteiger partial charge in [-0.3, -0.25) is 13.5 Å². The summed E-state index contributed by atoms with van der Waals surface area (Å²) < 4.78 is 36.8. The van der Waals surface area contributed by atoms with Gasteiger partial charge in [-0.05, 0) is 51.8 Å². The number of aromatic nitrogens is 6. The van der Waals surface area contributed by atoms with Crippen LogP contribution in [0.4, 0.5) is 15.0 Å². The van der Waals surface area contributed by atoms with Crippen molar-refractivity contribution in [1.29, 1.82) is 0 Å². The van der Waals surface area contributed by atoms with Crippen molar-refractivity contribution >= 4 is 36.8 Å². The minimum atomic E-state index is -1.36. The summed E-state index contributed by atoms with van der Waals surface area (Å²) in [6, 6.07) is 3.80. The van der Waals surface area contributed by atoms with Crippen LogP contribution in [0.2, 0.25) is 25.7 Å². The highest BCUT2D eigenvalue weighted by atomic mass is 28.3. The molecule has 0 aromatic carbocycles. The number of amides is 1. The summed E-state index contributed by atoms with van der Waals surface area (Å²) in [4.78, 5) is 45.5. The van der Waals surface area contributed by atoms with Gasteiger partial charge in [-0.25, -0.2) is 28.9 Å². The van der Waals surface area contributed by atoms with Crippen LogP contribution in [-0.4, -0.2) is 99.2 Å². The Balaban J connectivity index is 1.47. The second-order valence-electron chi connectivity index (χ2n) is 14.5. The largest absolute Gasteiger partial charge is 0.444 e. The van der Waals surface area contributed by atoms with E-state index < -0.39 is 19.5 Å². The van der Waals surface area contributed by atoms with E-state index in [0.29, 0.717) is 93.0 Å². The summed E-state index contributed by atoms with van der Waals surface area (Å²) in [5.41, 5.74) is 1.28. The number of rotatable bonds is 8. The lowest BCUT2D eigenvalue weighted by Gasteiger charge is -2.36. The van der Waals surface area contributed by atoms with Crippen molar-refractivity contribution in [3.05, 3.63) is 40.8 Å². The van der Waals surface area contributed by atoms with E-state index in [2.05, 4.69) is 29.5 Å². The predicted molar refractivity (Wildman–Crippen MR) is 179 cm³/mol. The normalized spacial score (nSPS) is 16.8. The summed E-state index contributed by atoms with van der Waals surface area (Å²) in [6.07, 6.45) is 3.94. The number of fused-ring (bicyclic) bond motifs is 2. The zero-order valence-corrected chi connectivity index (χ0v) is 29.2. The van der Waals surface area contributed by atoms with Crippen LogP contribution in [0.5, 0.6) is 0 Å². The molecule has 1 amide bonds. The fourth-order valence-corrected chi connectivity index (χ4v) is 6.72. The summed E-state index contributed by atoms with van der Waals surface area (Å²) in [6.45, 7) is 15.8. The first kappa shape index (κ1) is 33.1. The molecule has 4 aromatic heterocycles. The standard InChI is InChI=1S/C32H45FN8O5Si/c1-32(2,3)46-31(43)38-13-11-37(12-14-38)28-26-29(36-27(35-28)24-19-34-25-8-7-22(33)20-39(24)25)41(23-9-15-44-16-10-23)30(42)40(26)21-45-17-18-47(4,5)6/h7-8,19-20,23H,9-18,21H2,1-6H3. The quantitative estimate of drug-likeness (QED) is 0.193. The van der Waals surface area contributed by atoms with Crippen LogP contribution in [0.3, 0.4) is 0 Å². The molecule has 0 saturated carbocycles. The van der Waals surface area contributed by atoms with E-state index in [0.717, 1.165) is 6.04 Å². The van der Waals surface area contributed by atoms with Crippen molar-refractivity contribution in [1.82, 2.24) is 33.4 Å². The second-order valence-corrected chi connectivity index (χ2v) is 20.1. The molecule has 2 saturated heterocycles. The minimum Gasteiger partial charge on any atom is -0.444 e. The van der Waals surface area contributed by atoms with Gasteiger partial charge >= 0.3 is 11.8 Å². The highest BCUT2D eigenvalue weighted by molar-refractivity contribution is 6.76. The van der Waals surface area contributed by atoms with Crippen molar-refractivity contribution in [3.63, 3.8) is 0 Å². The number of halogens is 1. The average molecular weight is 669 g/mol. The van der Waals surface area contributed by atoms with Crippen LogP contribution in [0.25, 0.3) is 28.3 Å². The molecule has 0 bridgehead atoms. The Morgan fingerprint density at radius 1 is 1.09 bits per heavy atom. The Labute approximate surface area is 274 Å². The van der Waals surface area contributed by atoms with Gasteiger partial charge in [-0.15, -0.1) is 0 Å². The van der Waals surface area contributed by atoms with Crippen LogP contribution >= 0.6 is 0 Å². The van der Waals surface area contributed by atoms with E-state index >= 15 is 0 Å². The summed E-state index contributed by atoms with van der Waals surface area (Å²) >= 11 is 0. The third-order valence-electron chi connectivity index (χ3n) is 8.48. The van der Waals surface area contributed by atoms with E-state index in [4.69, 9.17) is 24.2 Å². The Hall–Kier alpha value is -3.82. The molecule has 0 spiro atoms. The van der Waals surface area contributed by atoms with Crippen molar-refractivity contribution < 1.29 is 23.4 Å². The van der Waals surface area contributed by atoms with Gasteiger partial charge in [0.15, 0.2) is 17.3 Å². The molecule has 0 unspecified atom stereocenters. The highest BCUT2D eigenvalue weighted by Crippen LogP contribution is 2.32. The fraction of sp³-hybridized carbons (Fsp3) is 0.594. The smallest absolute Gasteiger partial charge is 0.410 e. The Bertz CT molecular complexity index is 1810. The first-order valence-corrected chi connectivity index (χ1v) is 20.0. The van der Waals surface area contributed by atoms with Gasteiger partial charge in [0.05, 0.1) is 6.20 Å². The first-order valence-electron chi connectivity index (χ1n) is 16.3. The third-order valence-corrected chi connectivity index (χ3v) is 10.2. The minimum absolute atomic E-state index is 0.0600. The number of imidazole rings is 2. The van der Waals surface area contributed by atoms with Gasteiger partial charge in [0, 0.05) is 66.3 Å². The zero-order valence-electron chi connectivity index (χ0n) is 28.2. The molecule has 0 atom stereocenters. The number of carbonyl (C=O) groups is 1. The maximum atomic E-state index is 14.4. The number of piperazine rings is 1. The maximum Gasteiger partial charge on any atom is 0.410 e. The molecular formula is C32H45FN8O5Si. The molecule has 0 radical (unpaired) electrons. The molecule has 6 rings (SSSR count). The molecule has 0 N–H and O–H groups in total. The zero-order chi connectivity index (χ0) is 33.5. The highest BCUT2D eigenvalue weighted by Gasteiger charge is 2.32. The molecule has 2 aliphatic rings. The van der Waals surface area contributed by atoms with Crippen molar-refractivity contribution in [3.8, 4) is 11.5 Å². The van der Waals surface area contributed by atoms with Crippen LogP contribution in [0.1, 0.15) is 39.7 Å². The molecule has 6 heterocycles. The van der Waals surface area contributed by atoms with E-state index in [1.807, 2.05) is 20.8 Å². The van der Waals surface area contributed by atoms with Gasteiger partial charge in [0.2, 0.25) is 0 Å². The van der Waals surface area contributed by atoms with Gasteiger partial charge in [0.1, 0.15) is 35.0 Å². The lowest BCUT2D eigenvalue weighted by atomic mass is 10.1. The second kappa shape index (κ2) is 13.0. The number of nitrogens with zero attached hydrogens (tertiary/aromatic N) is 8. The van der Waals surface area contributed by atoms with Gasteiger partial charge in [-0.2, -0.15) is 0 Å². The lowest BCUT2D eigenvalue weighted by Crippen LogP contribution is -2.50. The van der Waals surface area contributed by atoms with E-state index in [1.54, 1.807) is 30.7 Å². The maximum absolute atomic E-state index is 14.4. The topological polar surface area (TPSA) is 121 Å². The van der Waals surface area contributed by atoms with Crippen LogP contribution < -0.4 is 10.6 Å². The van der Waals surface area contributed by atoms with E-state index in [9.17, 15) is 14.0 Å². The Morgan fingerprint density at radius 3 is 2.49 bits per heavy atom. The molecule has 2 fully saturated rings. The average Bonchev–Trinajstić information content (AvgIpc) is 3.55.